The number of nitrogens with one attached hydrogen (secondary N) is 2. The monoisotopic (exact) mass is 520 g/mol. The second-order valence-electron chi connectivity index (χ2n) is 9.47. The third-order valence-corrected chi connectivity index (χ3v) is 7.14. The molecule has 2 heterocycles. The molecule has 10 heteroatoms. The fourth-order valence-corrected chi connectivity index (χ4v) is 5.07. The number of amides is 1. The molecule has 0 aliphatic heterocycles. The molecule has 1 aliphatic carbocycles. The maximum Gasteiger partial charge on any atom is 0.421 e. The molecule has 1 fully saturated rings. The van der Waals surface area contributed by atoms with Gasteiger partial charge in [0.25, 0.3) is 11.5 Å². The van der Waals surface area contributed by atoms with Crippen molar-refractivity contribution in [3.63, 3.8) is 0 Å². The molecule has 1 amide bonds. The summed E-state index contributed by atoms with van der Waals surface area (Å²) in [5.41, 5.74) is -3.62. The van der Waals surface area contributed by atoms with Gasteiger partial charge in [-0.05, 0) is 53.8 Å². The molecule has 5 aromatic rings. The fourth-order valence-electron chi connectivity index (χ4n) is 5.07. The van der Waals surface area contributed by atoms with Gasteiger partial charge in [-0.1, -0.05) is 48.5 Å². The van der Waals surface area contributed by atoms with Crippen molar-refractivity contribution in [2.75, 3.05) is 0 Å². The van der Waals surface area contributed by atoms with Crippen LogP contribution in [0.5, 0.6) is 0 Å². The normalized spacial score (nSPS) is 14.9. The predicted octanol–water partition coefficient (Wildman–Crippen LogP) is 5.81. The Morgan fingerprint density at radius 1 is 1.00 bits per heavy atom. The minimum atomic E-state index is -5.02. The molecule has 2 N–H and O–H groups in total. The topological polar surface area (TPSA) is 79.3 Å². The summed E-state index contributed by atoms with van der Waals surface area (Å²) in [7, 11) is 0. The molecule has 0 spiro atoms. The third-order valence-electron chi connectivity index (χ3n) is 7.14. The molecule has 0 bridgehead atoms. The molecular weight excluding hydrogens is 500 g/mol. The zero-order valence-corrected chi connectivity index (χ0v) is 19.8. The molecule has 3 aromatic carbocycles. The number of nitrogens with zero attached hydrogens (tertiary/aromatic N) is 2. The van der Waals surface area contributed by atoms with E-state index >= 15 is 0 Å². The number of H-pyrrole nitrogens is 1. The maximum atomic E-state index is 14.2. The zero-order valence-electron chi connectivity index (χ0n) is 19.8. The average molecular weight is 520 g/mol. The lowest BCUT2D eigenvalue weighted by molar-refractivity contribution is -0.136. The number of fused-ring (bicyclic) bond motifs is 2. The van der Waals surface area contributed by atoms with E-state index in [9.17, 15) is 27.2 Å². The largest absolute Gasteiger partial charge is 0.421 e. The second kappa shape index (κ2) is 8.54. The smallest absolute Gasteiger partial charge is 0.341 e. The molecule has 0 unspecified atom stereocenters. The Labute approximate surface area is 212 Å². The first-order valence-corrected chi connectivity index (χ1v) is 12.0. The lowest BCUT2D eigenvalue weighted by atomic mass is 9.71. The standard InChI is InChI=1S/C28H20F4N4O2/c29-20-10-8-19(9-11-20)27(12-3-13-27)34-25(37)23-22(28(30,31)32)24-26(38)33-21(15-36(24)35-23)18-7-6-16-4-1-2-5-17(16)14-18/h1-2,4-11,14-15H,3,12-13H2,(H,33,38)(H,34,37). The fraction of sp³-hybridized carbons (Fsp3) is 0.179. The van der Waals surface area contributed by atoms with Gasteiger partial charge >= 0.3 is 6.18 Å². The summed E-state index contributed by atoms with van der Waals surface area (Å²) in [5, 5.41) is 8.48. The molecule has 0 saturated heterocycles. The van der Waals surface area contributed by atoms with Crippen LogP contribution in [0.25, 0.3) is 27.5 Å². The highest BCUT2D eigenvalue weighted by molar-refractivity contribution is 5.96. The summed E-state index contributed by atoms with van der Waals surface area (Å²) in [6.07, 6.45) is -2.05. The van der Waals surface area contributed by atoms with E-state index < -0.39 is 45.8 Å². The van der Waals surface area contributed by atoms with Crippen LogP contribution in [0.15, 0.2) is 77.7 Å². The second-order valence-corrected chi connectivity index (χ2v) is 9.47. The SMILES string of the molecule is O=C(NC1(c2ccc(F)cc2)CCC1)c1nn2cc(-c3ccc4ccccc4c3)[nH]c(=O)c2c1C(F)(F)F. The molecule has 38 heavy (non-hydrogen) atoms. The molecule has 6 rings (SSSR count). The quantitative estimate of drug-likeness (QED) is 0.294. The Morgan fingerprint density at radius 3 is 2.37 bits per heavy atom. The van der Waals surface area contributed by atoms with Gasteiger partial charge in [0.05, 0.1) is 17.4 Å². The number of hydrogen-bond donors (Lipinski definition) is 2. The van der Waals surface area contributed by atoms with Crippen molar-refractivity contribution >= 4 is 22.2 Å². The Morgan fingerprint density at radius 2 is 1.71 bits per heavy atom. The predicted molar refractivity (Wildman–Crippen MR) is 133 cm³/mol. The summed E-state index contributed by atoms with van der Waals surface area (Å²) in [4.78, 5) is 28.7. The zero-order chi connectivity index (χ0) is 26.7. The van der Waals surface area contributed by atoms with Gasteiger partial charge in [0.2, 0.25) is 0 Å². The first-order valence-electron chi connectivity index (χ1n) is 12.0. The van der Waals surface area contributed by atoms with Gasteiger partial charge in [0.15, 0.2) is 5.69 Å². The van der Waals surface area contributed by atoms with Crippen LogP contribution >= 0.6 is 0 Å². The van der Waals surface area contributed by atoms with Crippen molar-refractivity contribution in [3.8, 4) is 11.3 Å². The number of alkyl halides is 3. The highest BCUT2D eigenvalue weighted by Crippen LogP contribution is 2.42. The van der Waals surface area contributed by atoms with Gasteiger partial charge in [-0.3, -0.25) is 9.59 Å². The Kier molecular flexibility index (Phi) is 5.37. The number of carbonyl (C=O) groups excluding carboxylic acids is 1. The van der Waals surface area contributed by atoms with Gasteiger partial charge in [-0.2, -0.15) is 18.3 Å². The van der Waals surface area contributed by atoms with E-state index in [0.717, 1.165) is 21.7 Å². The lowest BCUT2D eigenvalue weighted by Gasteiger charge is -2.43. The number of carbonyl (C=O) groups is 1. The summed E-state index contributed by atoms with van der Waals surface area (Å²) >= 11 is 0. The van der Waals surface area contributed by atoms with Gasteiger partial charge in [0.1, 0.15) is 16.9 Å². The summed E-state index contributed by atoms with van der Waals surface area (Å²) in [5.74, 6) is -1.52. The Balaban J connectivity index is 1.45. The molecular formula is C28H20F4N4O2. The van der Waals surface area contributed by atoms with Gasteiger partial charge in [0, 0.05) is 5.56 Å². The van der Waals surface area contributed by atoms with E-state index in [1.165, 1.54) is 30.5 Å². The van der Waals surface area contributed by atoms with Crippen LogP contribution in [-0.4, -0.2) is 20.5 Å². The minimum Gasteiger partial charge on any atom is -0.341 e. The van der Waals surface area contributed by atoms with Crippen LogP contribution in [0.3, 0.4) is 0 Å². The van der Waals surface area contributed by atoms with Crippen LogP contribution in [0.4, 0.5) is 17.6 Å². The van der Waals surface area contributed by atoms with Crippen molar-refractivity contribution in [1.82, 2.24) is 19.9 Å². The van der Waals surface area contributed by atoms with Crippen LogP contribution in [0.1, 0.15) is 40.9 Å². The van der Waals surface area contributed by atoms with Gasteiger partial charge in [-0.15, -0.1) is 0 Å². The number of aromatic amines is 1. The van der Waals surface area contributed by atoms with Crippen LogP contribution in [-0.2, 0) is 11.7 Å². The van der Waals surface area contributed by atoms with Crippen molar-refractivity contribution in [2.24, 2.45) is 0 Å². The van der Waals surface area contributed by atoms with E-state index in [4.69, 9.17) is 0 Å². The van der Waals surface area contributed by atoms with E-state index in [1.807, 2.05) is 30.3 Å². The molecule has 0 atom stereocenters. The number of hydrogen-bond acceptors (Lipinski definition) is 3. The molecule has 1 aliphatic rings. The minimum absolute atomic E-state index is 0.248. The number of benzene rings is 3. The summed E-state index contributed by atoms with van der Waals surface area (Å²) < 4.78 is 56.9. The molecule has 0 radical (unpaired) electrons. The van der Waals surface area contributed by atoms with Crippen molar-refractivity contribution in [1.29, 1.82) is 0 Å². The van der Waals surface area contributed by atoms with Crippen LogP contribution < -0.4 is 10.9 Å². The summed E-state index contributed by atoms with van der Waals surface area (Å²) in [6, 6.07) is 18.4. The highest BCUT2D eigenvalue weighted by atomic mass is 19.4. The van der Waals surface area contributed by atoms with E-state index in [2.05, 4.69) is 15.4 Å². The van der Waals surface area contributed by atoms with E-state index in [0.29, 0.717) is 24.0 Å². The molecule has 192 valence electrons. The summed E-state index contributed by atoms with van der Waals surface area (Å²) in [6.45, 7) is 0. The molecule has 6 nitrogen and oxygen atoms in total. The van der Waals surface area contributed by atoms with Crippen molar-refractivity contribution < 1.29 is 22.4 Å². The lowest BCUT2D eigenvalue weighted by Crippen LogP contribution is -2.51. The van der Waals surface area contributed by atoms with Crippen molar-refractivity contribution in [3.05, 3.63) is 106 Å². The maximum absolute atomic E-state index is 14.2. The Hall–Kier alpha value is -4.47. The average Bonchev–Trinajstić information content (AvgIpc) is 3.28. The number of rotatable bonds is 4. The Bertz CT molecular complexity index is 1770. The highest BCUT2D eigenvalue weighted by Gasteiger charge is 2.45. The molecule has 1 saturated carbocycles. The number of aromatic nitrogens is 3. The third kappa shape index (κ3) is 3.93. The molecule has 2 aromatic heterocycles. The van der Waals surface area contributed by atoms with Crippen LogP contribution in [0.2, 0.25) is 0 Å². The first-order chi connectivity index (χ1) is 18.1. The van der Waals surface area contributed by atoms with E-state index in [-0.39, 0.29) is 5.69 Å². The van der Waals surface area contributed by atoms with E-state index in [1.54, 1.807) is 12.1 Å². The number of halogens is 4. The van der Waals surface area contributed by atoms with Gasteiger partial charge < -0.3 is 10.3 Å². The van der Waals surface area contributed by atoms with Gasteiger partial charge in [-0.25, -0.2) is 8.91 Å². The van der Waals surface area contributed by atoms with Crippen LogP contribution in [0, 0.1) is 5.82 Å². The first kappa shape index (κ1) is 23.9. The van der Waals surface area contributed by atoms with Crippen molar-refractivity contribution in [2.45, 2.75) is 31.0 Å².